The maximum Gasteiger partial charge on any atom is 0.146 e. The molecule has 0 unspecified atom stereocenters. The zero-order chi connectivity index (χ0) is 16.9. The van der Waals surface area contributed by atoms with Gasteiger partial charge in [-0.3, -0.25) is 4.79 Å². The van der Waals surface area contributed by atoms with E-state index >= 15 is 0 Å². The fourth-order valence-corrected chi connectivity index (χ4v) is 6.68. The van der Waals surface area contributed by atoms with E-state index in [1.807, 2.05) is 0 Å². The van der Waals surface area contributed by atoms with Gasteiger partial charge in [-0.25, -0.2) is 0 Å². The van der Waals surface area contributed by atoms with Crippen LogP contribution in [0.2, 0.25) is 0 Å². The number of Topliss-reactive ketones (excluding diaryl/α,β-unsaturated/α-hetero) is 1. The SMILES string of the molecule is COCO[C@H]1CC[C@@]2(C)[C@@H](CC[C@H]3C4=CCC(=O)[C@@]4(C)CC[C@@H]32)C1. The van der Waals surface area contributed by atoms with Crippen LogP contribution in [0.3, 0.4) is 0 Å². The summed E-state index contributed by atoms with van der Waals surface area (Å²) in [5.74, 6) is 2.68. The molecule has 3 nitrogen and oxygen atoms in total. The summed E-state index contributed by atoms with van der Waals surface area (Å²) < 4.78 is 11.0. The number of rotatable bonds is 3. The molecule has 4 aliphatic rings. The second kappa shape index (κ2) is 5.95. The molecule has 3 fully saturated rings. The van der Waals surface area contributed by atoms with Gasteiger partial charge in [0.25, 0.3) is 0 Å². The molecule has 0 aromatic heterocycles. The fraction of sp³-hybridized carbons (Fsp3) is 0.857. The normalized spacial score (nSPS) is 47.6. The molecule has 24 heavy (non-hydrogen) atoms. The maximum absolute atomic E-state index is 12.4. The number of methoxy groups -OCH3 is 1. The number of fused-ring (bicyclic) bond motifs is 5. The topological polar surface area (TPSA) is 35.5 Å². The first-order chi connectivity index (χ1) is 11.5. The van der Waals surface area contributed by atoms with Gasteiger partial charge in [-0.2, -0.15) is 0 Å². The first-order valence-corrected chi connectivity index (χ1v) is 9.83. The summed E-state index contributed by atoms with van der Waals surface area (Å²) in [4.78, 5) is 12.4. The predicted octanol–water partition coefficient (Wildman–Crippen LogP) is 4.51. The molecule has 0 aliphatic heterocycles. The largest absolute Gasteiger partial charge is 0.359 e. The fourth-order valence-electron chi connectivity index (χ4n) is 6.68. The molecule has 4 aliphatic carbocycles. The molecular weight excluding hydrogens is 300 g/mol. The lowest BCUT2D eigenvalue weighted by Gasteiger charge is -2.58. The summed E-state index contributed by atoms with van der Waals surface area (Å²) in [6, 6.07) is 0. The van der Waals surface area contributed by atoms with Gasteiger partial charge < -0.3 is 9.47 Å². The van der Waals surface area contributed by atoms with Gasteiger partial charge in [-0.05, 0) is 75.0 Å². The summed E-state index contributed by atoms with van der Waals surface area (Å²) in [6.07, 6.45) is 11.9. The zero-order valence-corrected chi connectivity index (χ0v) is 15.5. The van der Waals surface area contributed by atoms with Crippen LogP contribution in [0.5, 0.6) is 0 Å². The zero-order valence-electron chi connectivity index (χ0n) is 15.5. The Morgan fingerprint density at radius 2 is 2.00 bits per heavy atom. The monoisotopic (exact) mass is 332 g/mol. The van der Waals surface area contributed by atoms with Crippen molar-refractivity contribution in [2.24, 2.45) is 28.6 Å². The first kappa shape index (κ1) is 16.8. The van der Waals surface area contributed by atoms with Crippen molar-refractivity contribution in [1.82, 2.24) is 0 Å². The molecule has 134 valence electrons. The number of carbonyl (C=O) groups is 1. The van der Waals surface area contributed by atoms with Crippen molar-refractivity contribution in [3.8, 4) is 0 Å². The van der Waals surface area contributed by atoms with E-state index < -0.39 is 0 Å². The van der Waals surface area contributed by atoms with E-state index in [0.29, 0.717) is 36.4 Å². The molecule has 4 rings (SSSR count). The highest BCUT2D eigenvalue weighted by atomic mass is 16.7. The second-order valence-corrected chi connectivity index (χ2v) is 9.12. The minimum absolute atomic E-state index is 0.122. The highest BCUT2D eigenvalue weighted by Crippen LogP contribution is 2.64. The van der Waals surface area contributed by atoms with Crippen LogP contribution in [-0.4, -0.2) is 25.8 Å². The van der Waals surface area contributed by atoms with Gasteiger partial charge >= 0.3 is 0 Å². The summed E-state index contributed by atoms with van der Waals surface area (Å²) in [5, 5.41) is 0. The Hall–Kier alpha value is -0.670. The lowest BCUT2D eigenvalue weighted by atomic mass is 9.46. The molecule has 3 saturated carbocycles. The Morgan fingerprint density at radius 1 is 1.17 bits per heavy atom. The summed E-state index contributed by atoms with van der Waals surface area (Å²) in [6.45, 7) is 5.18. The lowest BCUT2D eigenvalue weighted by molar-refractivity contribution is -0.137. The minimum Gasteiger partial charge on any atom is -0.359 e. The average molecular weight is 332 g/mol. The Labute approximate surface area is 146 Å². The Balaban J connectivity index is 1.53. The van der Waals surface area contributed by atoms with Gasteiger partial charge in [0.1, 0.15) is 12.6 Å². The molecule has 0 amide bonds. The molecule has 3 heteroatoms. The van der Waals surface area contributed by atoms with Crippen molar-refractivity contribution in [2.45, 2.75) is 71.3 Å². The Bertz CT molecular complexity index is 553. The van der Waals surface area contributed by atoms with E-state index in [-0.39, 0.29) is 5.41 Å². The van der Waals surface area contributed by atoms with Crippen molar-refractivity contribution in [1.29, 1.82) is 0 Å². The highest BCUT2D eigenvalue weighted by Gasteiger charge is 2.57. The van der Waals surface area contributed by atoms with Crippen LogP contribution in [-0.2, 0) is 14.3 Å². The third-order valence-electron chi connectivity index (χ3n) is 8.18. The van der Waals surface area contributed by atoms with Crippen molar-refractivity contribution >= 4 is 5.78 Å². The number of ether oxygens (including phenoxy) is 2. The lowest BCUT2D eigenvalue weighted by Crippen LogP contribution is -2.52. The van der Waals surface area contributed by atoms with Gasteiger partial charge in [-0.15, -0.1) is 0 Å². The van der Waals surface area contributed by atoms with Gasteiger partial charge in [0, 0.05) is 18.9 Å². The second-order valence-electron chi connectivity index (χ2n) is 9.12. The number of carbonyl (C=O) groups excluding carboxylic acids is 1. The molecule has 0 aromatic rings. The van der Waals surface area contributed by atoms with Crippen LogP contribution in [0.1, 0.15) is 65.2 Å². The van der Waals surface area contributed by atoms with Crippen LogP contribution in [0.15, 0.2) is 11.6 Å². The van der Waals surface area contributed by atoms with Crippen molar-refractivity contribution in [2.75, 3.05) is 13.9 Å². The van der Waals surface area contributed by atoms with E-state index in [1.165, 1.54) is 37.7 Å². The number of hydrogen-bond donors (Lipinski definition) is 0. The van der Waals surface area contributed by atoms with Crippen molar-refractivity contribution < 1.29 is 14.3 Å². The quantitative estimate of drug-likeness (QED) is 0.563. The van der Waals surface area contributed by atoms with E-state index in [9.17, 15) is 4.79 Å². The van der Waals surface area contributed by atoms with Gasteiger partial charge in [0.15, 0.2) is 0 Å². The summed E-state index contributed by atoms with van der Waals surface area (Å²) in [7, 11) is 1.70. The predicted molar refractivity (Wildman–Crippen MR) is 93.5 cm³/mol. The van der Waals surface area contributed by atoms with Crippen LogP contribution < -0.4 is 0 Å². The molecule has 0 spiro atoms. The van der Waals surface area contributed by atoms with Crippen LogP contribution >= 0.6 is 0 Å². The molecule has 0 heterocycles. The van der Waals surface area contributed by atoms with Crippen LogP contribution in [0.4, 0.5) is 0 Å². The van der Waals surface area contributed by atoms with Crippen LogP contribution in [0, 0.1) is 28.6 Å². The minimum atomic E-state index is -0.122. The molecule has 0 saturated heterocycles. The summed E-state index contributed by atoms with van der Waals surface area (Å²) >= 11 is 0. The van der Waals surface area contributed by atoms with E-state index in [1.54, 1.807) is 7.11 Å². The first-order valence-electron chi connectivity index (χ1n) is 9.83. The molecular formula is C21H32O3. The van der Waals surface area contributed by atoms with E-state index in [0.717, 1.165) is 24.7 Å². The standard InChI is InChI=1S/C21H32O3/c1-20-10-8-15(24-13-23-3)12-14(20)4-5-16-17-6-7-19(22)21(17,2)11-9-18(16)20/h6,14-16,18H,4-5,7-13H2,1-3H3/t14-,15-,16-,18-,20-,21-/m0/s1. The van der Waals surface area contributed by atoms with E-state index in [4.69, 9.17) is 9.47 Å². The van der Waals surface area contributed by atoms with Crippen LogP contribution in [0.25, 0.3) is 0 Å². The van der Waals surface area contributed by atoms with Gasteiger partial charge in [-0.1, -0.05) is 18.6 Å². The molecule has 0 N–H and O–H groups in total. The summed E-state index contributed by atoms with van der Waals surface area (Å²) in [5.41, 5.74) is 1.83. The number of ketones is 1. The molecule has 0 aromatic carbocycles. The van der Waals surface area contributed by atoms with E-state index in [2.05, 4.69) is 19.9 Å². The van der Waals surface area contributed by atoms with Crippen molar-refractivity contribution in [3.05, 3.63) is 11.6 Å². The van der Waals surface area contributed by atoms with Gasteiger partial charge in [0.05, 0.1) is 6.10 Å². The third kappa shape index (κ3) is 2.34. The number of hydrogen-bond acceptors (Lipinski definition) is 3. The van der Waals surface area contributed by atoms with Gasteiger partial charge in [0.2, 0.25) is 0 Å². The smallest absolute Gasteiger partial charge is 0.146 e. The Morgan fingerprint density at radius 3 is 2.79 bits per heavy atom. The Kier molecular flexibility index (Phi) is 4.16. The van der Waals surface area contributed by atoms with Crippen molar-refractivity contribution in [3.63, 3.8) is 0 Å². The third-order valence-corrected chi connectivity index (χ3v) is 8.18. The number of allylic oxidation sites excluding steroid dienone is 2. The highest BCUT2D eigenvalue weighted by molar-refractivity contribution is 5.92. The maximum atomic E-state index is 12.4. The molecule has 6 atom stereocenters. The average Bonchev–Trinajstić information content (AvgIpc) is 2.88. The molecule has 0 bridgehead atoms. The molecule has 0 radical (unpaired) electrons.